The molecule has 0 atom stereocenters. The summed E-state index contributed by atoms with van der Waals surface area (Å²) in [7, 11) is 0. The molecular formula is C29H20ClF3N2O4. The summed E-state index contributed by atoms with van der Waals surface area (Å²) in [6.45, 7) is 0. The van der Waals surface area contributed by atoms with Crippen LogP contribution in [0.2, 0.25) is 5.02 Å². The van der Waals surface area contributed by atoms with E-state index in [1.54, 1.807) is 78.9 Å². The van der Waals surface area contributed by atoms with E-state index >= 15 is 0 Å². The van der Waals surface area contributed by atoms with Crippen LogP contribution in [-0.2, 0) is 4.79 Å². The van der Waals surface area contributed by atoms with Gasteiger partial charge in [-0.1, -0.05) is 41.9 Å². The maximum Gasteiger partial charge on any atom is 0.573 e. The van der Waals surface area contributed by atoms with Crippen molar-refractivity contribution in [2.24, 2.45) is 0 Å². The molecule has 0 aromatic heterocycles. The minimum absolute atomic E-state index is 0.0918. The highest BCUT2D eigenvalue weighted by atomic mass is 35.5. The van der Waals surface area contributed by atoms with Crippen LogP contribution in [0.1, 0.15) is 15.9 Å². The minimum atomic E-state index is -4.84. The molecule has 0 fully saturated rings. The number of carbonyl (C=O) groups is 2. The van der Waals surface area contributed by atoms with E-state index in [-0.39, 0.29) is 11.4 Å². The summed E-state index contributed by atoms with van der Waals surface area (Å²) in [5.41, 5.74) is 1.01. The molecule has 0 unspecified atom stereocenters. The van der Waals surface area contributed by atoms with Gasteiger partial charge in [0.05, 0.1) is 0 Å². The van der Waals surface area contributed by atoms with Gasteiger partial charge in [-0.15, -0.1) is 13.2 Å². The fraction of sp³-hybridized carbons (Fsp3) is 0.0345. The van der Waals surface area contributed by atoms with Gasteiger partial charge in [0.1, 0.15) is 22.9 Å². The lowest BCUT2D eigenvalue weighted by Crippen LogP contribution is -2.30. The molecule has 0 bridgehead atoms. The molecule has 2 N–H and O–H groups in total. The number of anilines is 1. The number of benzene rings is 4. The second-order valence-corrected chi connectivity index (χ2v) is 8.47. The molecule has 10 heteroatoms. The predicted molar refractivity (Wildman–Crippen MR) is 142 cm³/mol. The van der Waals surface area contributed by atoms with Crippen LogP contribution < -0.4 is 20.1 Å². The average molecular weight is 553 g/mol. The second kappa shape index (κ2) is 12.2. The zero-order valence-electron chi connectivity index (χ0n) is 20.0. The van der Waals surface area contributed by atoms with E-state index in [1.807, 2.05) is 0 Å². The number of alkyl halides is 3. The summed E-state index contributed by atoms with van der Waals surface area (Å²) >= 11 is 5.89. The third-order valence-corrected chi connectivity index (χ3v) is 5.37. The topological polar surface area (TPSA) is 76.7 Å². The quantitative estimate of drug-likeness (QED) is 0.223. The molecule has 4 rings (SSSR count). The van der Waals surface area contributed by atoms with Gasteiger partial charge >= 0.3 is 6.36 Å². The number of hydrogen-bond donors (Lipinski definition) is 2. The Morgan fingerprint density at radius 3 is 1.90 bits per heavy atom. The van der Waals surface area contributed by atoms with E-state index < -0.39 is 23.9 Å². The molecule has 0 aliphatic rings. The van der Waals surface area contributed by atoms with E-state index in [0.717, 1.165) is 12.1 Å². The Balaban J connectivity index is 1.53. The van der Waals surface area contributed by atoms with Crippen LogP contribution >= 0.6 is 11.6 Å². The highest BCUT2D eigenvalue weighted by Gasteiger charge is 2.31. The van der Waals surface area contributed by atoms with Crippen LogP contribution in [0.25, 0.3) is 6.08 Å². The molecule has 0 saturated carbocycles. The molecule has 0 radical (unpaired) electrons. The minimum Gasteiger partial charge on any atom is -0.457 e. The highest BCUT2D eigenvalue weighted by Crippen LogP contribution is 2.25. The van der Waals surface area contributed by atoms with Crippen molar-refractivity contribution >= 4 is 35.2 Å². The standard InChI is InChI=1S/C29H20ClF3N2O4/c30-21-8-14-24(15-9-21)38-23-12-6-19(7-13-23)18-26(35-27(36)20-4-2-1-3-5-20)28(37)34-22-10-16-25(17-11-22)39-29(31,32)33/h1-18H,(H,34,37)(H,35,36)/b26-18+. The van der Waals surface area contributed by atoms with Gasteiger partial charge in [0.15, 0.2) is 0 Å². The van der Waals surface area contributed by atoms with Crippen molar-refractivity contribution in [3.63, 3.8) is 0 Å². The van der Waals surface area contributed by atoms with Crippen LogP contribution in [0.3, 0.4) is 0 Å². The number of amides is 2. The van der Waals surface area contributed by atoms with Gasteiger partial charge in [-0.3, -0.25) is 9.59 Å². The number of rotatable bonds is 8. The van der Waals surface area contributed by atoms with Crippen LogP contribution in [0, 0.1) is 0 Å². The Labute approximate surface area is 226 Å². The Hall–Kier alpha value is -4.76. The zero-order chi connectivity index (χ0) is 27.8. The number of hydrogen-bond acceptors (Lipinski definition) is 4. The molecule has 6 nitrogen and oxygen atoms in total. The molecule has 198 valence electrons. The lowest BCUT2D eigenvalue weighted by atomic mass is 10.1. The van der Waals surface area contributed by atoms with Crippen LogP contribution in [-0.4, -0.2) is 18.2 Å². The Bertz CT molecular complexity index is 1460. The van der Waals surface area contributed by atoms with E-state index in [4.69, 9.17) is 16.3 Å². The molecule has 39 heavy (non-hydrogen) atoms. The van der Waals surface area contributed by atoms with E-state index in [2.05, 4.69) is 15.4 Å². The third-order valence-electron chi connectivity index (χ3n) is 5.12. The van der Waals surface area contributed by atoms with Crippen molar-refractivity contribution in [2.75, 3.05) is 5.32 Å². The summed E-state index contributed by atoms with van der Waals surface area (Å²) in [4.78, 5) is 25.9. The molecule has 0 heterocycles. The zero-order valence-corrected chi connectivity index (χ0v) is 20.8. The molecule has 0 saturated heterocycles. The van der Waals surface area contributed by atoms with Gasteiger partial charge in [-0.2, -0.15) is 0 Å². The van der Waals surface area contributed by atoms with Crippen molar-refractivity contribution in [2.45, 2.75) is 6.36 Å². The van der Waals surface area contributed by atoms with Crippen LogP contribution in [0.4, 0.5) is 18.9 Å². The maximum atomic E-state index is 13.1. The average Bonchev–Trinajstić information content (AvgIpc) is 2.91. The van der Waals surface area contributed by atoms with Gasteiger partial charge in [0, 0.05) is 16.3 Å². The largest absolute Gasteiger partial charge is 0.573 e. The van der Waals surface area contributed by atoms with Gasteiger partial charge in [-0.25, -0.2) is 0 Å². The van der Waals surface area contributed by atoms with Crippen LogP contribution in [0.15, 0.2) is 109 Å². The van der Waals surface area contributed by atoms with Crippen LogP contribution in [0.5, 0.6) is 17.2 Å². The smallest absolute Gasteiger partial charge is 0.457 e. The normalized spacial score (nSPS) is 11.4. The summed E-state index contributed by atoms with van der Waals surface area (Å²) in [6, 6.07) is 26.5. The van der Waals surface area contributed by atoms with Crippen molar-refractivity contribution in [3.8, 4) is 17.2 Å². The SMILES string of the molecule is O=C(Nc1ccc(OC(F)(F)F)cc1)/C(=C\c1ccc(Oc2ccc(Cl)cc2)cc1)NC(=O)c1ccccc1. The Morgan fingerprint density at radius 1 is 0.744 bits per heavy atom. The molecule has 4 aromatic rings. The number of halogens is 4. The van der Waals surface area contributed by atoms with Gasteiger partial charge < -0.3 is 20.1 Å². The molecule has 0 aliphatic heterocycles. The summed E-state index contributed by atoms with van der Waals surface area (Å²) in [6.07, 6.45) is -3.37. The highest BCUT2D eigenvalue weighted by molar-refractivity contribution is 6.30. The fourth-order valence-electron chi connectivity index (χ4n) is 3.32. The first-order valence-electron chi connectivity index (χ1n) is 11.4. The number of carbonyl (C=O) groups excluding carboxylic acids is 2. The van der Waals surface area contributed by atoms with Crippen molar-refractivity contribution in [1.29, 1.82) is 0 Å². The molecular weight excluding hydrogens is 533 g/mol. The second-order valence-electron chi connectivity index (χ2n) is 8.03. The van der Waals surface area contributed by atoms with Gasteiger partial charge in [-0.05, 0) is 84.4 Å². The monoisotopic (exact) mass is 552 g/mol. The summed E-state index contributed by atoms with van der Waals surface area (Å²) in [5.74, 6) is -0.520. The van der Waals surface area contributed by atoms with E-state index in [0.29, 0.717) is 27.6 Å². The molecule has 2 amide bonds. The van der Waals surface area contributed by atoms with Gasteiger partial charge in [0.25, 0.3) is 11.8 Å². The number of ether oxygens (including phenoxy) is 2. The lowest BCUT2D eigenvalue weighted by molar-refractivity contribution is -0.274. The van der Waals surface area contributed by atoms with Crippen molar-refractivity contribution in [3.05, 3.63) is 125 Å². The van der Waals surface area contributed by atoms with Crippen molar-refractivity contribution < 1.29 is 32.2 Å². The Kier molecular flexibility index (Phi) is 8.53. The van der Waals surface area contributed by atoms with Crippen molar-refractivity contribution in [1.82, 2.24) is 5.32 Å². The molecule has 0 spiro atoms. The first kappa shape index (κ1) is 27.3. The summed E-state index contributed by atoms with van der Waals surface area (Å²) in [5, 5.41) is 5.74. The Morgan fingerprint density at radius 2 is 1.31 bits per heavy atom. The molecule has 0 aliphatic carbocycles. The first-order chi connectivity index (χ1) is 18.6. The first-order valence-corrected chi connectivity index (χ1v) is 11.8. The maximum absolute atomic E-state index is 13.1. The predicted octanol–water partition coefficient (Wildman–Crippen LogP) is 7.44. The van der Waals surface area contributed by atoms with E-state index in [1.165, 1.54) is 18.2 Å². The van der Waals surface area contributed by atoms with E-state index in [9.17, 15) is 22.8 Å². The fourth-order valence-corrected chi connectivity index (χ4v) is 3.44. The molecule has 4 aromatic carbocycles. The van der Waals surface area contributed by atoms with Gasteiger partial charge in [0.2, 0.25) is 0 Å². The third kappa shape index (κ3) is 8.37. The summed E-state index contributed by atoms with van der Waals surface area (Å²) < 4.78 is 46.9. The lowest BCUT2D eigenvalue weighted by Gasteiger charge is -2.13. The number of nitrogens with one attached hydrogen (secondary N) is 2.